The summed E-state index contributed by atoms with van der Waals surface area (Å²) in [6.07, 6.45) is 3.72. The molecule has 5 atom stereocenters. The number of rotatable bonds is 7. The van der Waals surface area contributed by atoms with Crippen LogP contribution in [0.3, 0.4) is 0 Å². The van der Waals surface area contributed by atoms with Crippen LogP contribution in [0.5, 0.6) is 0 Å². The quantitative estimate of drug-likeness (QED) is 0.313. The lowest BCUT2D eigenvalue weighted by Gasteiger charge is -2.29. The van der Waals surface area contributed by atoms with Gasteiger partial charge in [-0.2, -0.15) is 0 Å². The van der Waals surface area contributed by atoms with Gasteiger partial charge >= 0.3 is 12.2 Å². The highest BCUT2D eigenvalue weighted by molar-refractivity contribution is 7.90. The molecule has 6 rings (SSSR count). The van der Waals surface area contributed by atoms with E-state index in [1.807, 2.05) is 24.6 Å². The Bertz CT molecular complexity index is 2000. The Kier molecular flexibility index (Phi) is 12.3. The van der Waals surface area contributed by atoms with Gasteiger partial charge in [-0.15, -0.1) is 11.3 Å². The Balaban J connectivity index is 1.26. The molecule has 5 amide bonds. The molecule has 1 aromatic carbocycles. The summed E-state index contributed by atoms with van der Waals surface area (Å²) in [6.45, 7) is 3.69. The van der Waals surface area contributed by atoms with E-state index in [-0.39, 0.29) is 60.1 Å². The van der Waals surface area contributed by atoms with Gasteiger partial charge in [-0.05, 0) is 49.3 Å². The number of sulfonamides is 1. The predicted molar refractivity (Wildman–Crippen MR) is 200 cm³/mol. The first-order chi connectivity index (χ1) is 26.1. The minimum atomic E-state index is -4.50. The van der Waals surface area contributed by atoms with Crippen LogP contribution in [0.1, 0.15) is 69.9 Å². The van der Waals surface area contributed by atoms with Crippen molar-refractivity contribution in [3.05, 3.63) is 62.0 Å². The summed E-state index contributed by atoms with van der Waals surface area (Å²) >= 11 is 12.9. The topological polar surface area (TPSA) is 181 Å². The molecular formula is C36H42Cl2FN5O9S2. The van der Waals surface area contributed by atoms with Crippen LogP contribution in [0.2, 0.25) is 8.67 Å². The number of carbonyl (C=O) groups is 5. The van der Waals surface area contributed by atoms with Gasteiger partial charge in [0.05, 0.1) is 24.0 Å². The van der Waals surface area contributed by atoms with Crippen molar-refractivity contribution in [2.75, 3.05) is 13.2 Å². The standard InChI is InChI=1S/C36H42Cl2FN5O9S2/c1-20(2)19-52-34(48)40-26-12-7-5-3-4-6-10-22-15-36(22,33(47)42-55(50,51)28-14-29(37)54-30(28)38)41-31(45)27-13-23(17-44(27)32(26)46)53-35(49)43-16-21-9-8-11-25(39)24(21)18-43/h6,8-11,14,20,22-23,26-27H,3-5,7,12-13,15-19H2,1-2H3,(H,40,48)(H,41,45)(H,42,47)/b10-6-/t22-,23-,26+,27+,36-/m1/s1. The fourth-order valence-corrected chi connectivity index (χ4v) is 10.3. The molecule has 298 valence electrons. The highest BCUT2D eigenvalue weighted by Gasteiger charge is 2.62. The normalized spacial score (nSPS) is 26.1. The van der Waals surface area contributed by atoms with Crippen LogP contribution < -0.4 is 15.4 Å². The van der Waals surface area contributed by atoms with Crippen LogP contribution in [-0.2, 0) is 47.0 Å². The van der Waals surface area contributed by atoms with E-state index >= 15 is 0 Å². The number of thiophene rings is 1. The van der Waals surface area contributed by atoms with Crippen molar-refractivity contribution < 1.29 is 46.3 Å². The van der Waals surface area contributed by atoms with E-state index < -0.39 is 80.3 Å². The van der Waals surface area contributed by atoms with E-state index in [1.54, 1.807) is 18.2 Å². The summed E-state index contributed by atoms with van der Waals surface area (Å²) in [5.41, 5.74) is -0.707. The fraction of sp³-hybridized carbons (Fsp3) is 0.528. The molecule has 0 unspecified atom stereocenters. The number of allylic oxidation sites excluding steroid dienone is 1. The number of benzene rings is 1. The fourth-order valence-electron chi connectivity index (χ4n) is 7.10. The number of alkyl carbamates (subject to hydrolysis) is 1. The van der Waals surface area contributed by atoms with Gasteiger partial charge in [0.2, 0.25) is 11.8 Å². The molecule has 2 fully saturated rings. The summed E-state index contributed by atoms with van der Waals surface area (Å²) in [7, 11) is -4.50. The largest absolute Gasteiger partial charge is 0.449 e. The zero-order valence-corrected chi connectivity index (χ0v) is 33.3. The van der Waals surface area contributed by atoms with Gasteiger partial charge < -0.3 is 25.0 Å². The third kappa shape index (κ3) is 9.21. The zero-order chi connectivity index (χ0) is 39.7. The Morgan fingerprint density at radius 2 is 1.93 bits per heavy atom. The lowest BCUT2D eigenvalue weighted by Crippen LogP contribution is -2.58. The highest BCUT2D eigenvalue weighted by atomic mass is 35.5. The molecule has 4 aliphatic rings. The van der Waals surface area contributed by atoms with Crippen LogP contribution in [0.4, 0.5) is 14.0 Å². The number of halogens is 3. The second-order valence-electron chi connectivity index (χ2n) is 14.6. The Morgan fingerprint density at radius 3 is 2.64 bits per heavy atom. The average Bonchev–Trinajstić information content (AvgIpc) is 3.42. The molecule has 3 N–H and O–H groups in total. The van der Waals surface area contributed by atoms with Crippen LogP contribution in [0.15, 0.2) is 41.3 Å². The Hall–Kier alpha value is -3.93. The molecule has 3 aliphatic heterocycles. The molecule has 4 heterocycles. The molecule has 0 radical (unpaired) electrons. The molecule has 1 aliphatic carbocycles. The van der Waals surface area contributed by atoms with Gasteiger partial charge in [0.25, 0.3) is 15.9 Å². The summed E-state index contributed by atoms with van der Waals surface area (Å²) in [5, 5.41) is 5.39. The number of fused-ring (bicyclic) bond motifs is 3. The van der Waals surface area contributed by atoms with Crippen LogP contribution in [0, 0.1) is 17.7 Å². The minimum Gasteiger partial charge on any atom is -0.449 e. The third-order valence-electron chi connectivity index (χ3n) is 10.1. The maximum Gasteiger partial charge on any atom is 0.410 e. The summed E-state index contributed by atoms with van der Waals surface area (Å²) in [5.74, 6) is -3.42. The number of ether oxygens (including phenoxy) is 2. The Labute approximate surface area is 332 Å². The molecule has 1 saturated carbocycles. The first kappa shape index (κ1) is 40.7. The van der Waals surface area contributed by atoms with Crippen molar-refractivity contribution in [1.29, 1.82) is 0 Å². The van der Waals surface area contributed by atoms with Crippen molar-refractivity contribution in [3.63, 3.8) is 0 Å². The summed E-state index contributed by atoms with van der Waals surface area (Å²) in [4.78, 5) is 70.8. The summed E-state index contributed by atoms with van der Waals surface area (Å²) < 4.78 is 54.1. The third-order valence-corrected chi connectivity index (χ3v) is 13.2. The van der Waals surface area contributed by atoms with Crippen molar-refractivity contribution >= 4 is 74.5 Å². The van der Waals surface area contributed by atoms with Crippen molar-refractivity contribution in [2.45, 2.75) is 101 Å². The molecule has 1 aromatic heterocycles. The maximum absolute atomic E-state index is 14.4. The number of hydrogen-bond donors (Lipinski definition) is 3. The lowest BCUT2D eigenvalue weighted by molar-refractivity contribution is -0.141. The van der Waals surface area contributed by atoms with E-state index in [0.29, 0.717) is 36.8 Å². The van der Waals surface area contributed by atoms with Crippen molar-refractivity contribution in [3.8, 4) is 0 Å². The van der Waals surface area contributed by atoms with E-state index in [4.69, 9.17) is 32.7 Å². The van der Waals surface area contributed by atoms with Crippen LogP contribution >= 0.6 is 34.5 Å². The second-order valence-corrected chi connectivity index (χ2v) is 18.6. The molecular weight excluding hydrogens is 800 g/mol. The van der Waals surface area contributed by atoms with Crippen LogP contribution in [0.25, 0.3) is 0 Å². The average molecular weight is 843 g/mol. The van der Waals surface area contributed by atoms with Crippen molar-refractivity contribution in [1.82, 2.24) is 25.2 Å². The maximum atomic E-state index is 14.4. The first-order valence-electron chi connectivity index (χ1n) is 18.0. The molecule has 0 bridgehead atoms. The van der Waals surface area contributed by atoms with Gasteiger partial charge in [0.15, 0.2) is 0 Å². The molecule has 14 nitrogen and oxygen atoms in total. The first-order valence-corrected chi connectivity index (χ1v) is 21.1. The molecule has 1 saturated heterocycles. The number of amides is 5. The minimum absolute atomic E-state index is 0.0250. The van der Waals surface area contributed by atoms with E-state index in [9.17, 15) is 36.8 Å². The lowest BCUT2D eigenvalue weighted by atomic mass is 10.0. The Morgan fingerprint density at radius 1 is 1.15 bits per heavy atom. The van der Waals surface area contributed by atoms with Gasteiger partial charge in [0.1, 0.15) is 38.8 Å². The van der Waals surface area contributed by atoms with E-state index in [2.05, 4.69) is 10.6 Å². The zero-order valence-electron chi connectivity index (χ0n) is 30.1. The smallest absolute Gasteiger partial charge is 0.410 e. The van der Waals surface area contributed by atoms with Gasteiger partial charge in [0, 0.05) is 24.4 Å². The van der Waals surface area contributed by atoms with Crippen LogP contribution in [-0.4, -0.2) is 85.0 Å². The molecule has 2 aromatic rings. The summed E-state index contributed by atoms with van der Waals surface area (Å²) in [6, 6.07) is 3.29. The predicted octanol–water partition coefficient (Wildman–Crippen LogP) is 5.27. The number of nitrogens with one attached hydrogen (secondary N) is 3. The van der Waals surface area contributed by atoms with E-state index in [1.165, 1.54) is 15.9 Å². The molecule has 55 heavy (non-hydrogen) atoms. The molecule has 19 heteroatoms. The number of nitrogens with zero attached hydrogens (tertiary/aromatic N) is 2. The van der Waals surface area contributed by atoms with Gasteiger partial charge in [-0.25, -0.2) is 27.1 Å². The monoisotopic (exact) mass is 841 g/mol. The second kappa shape index (κ2) is 16.7. The van der Waals surface area contributed by atoms with Gasteiger partial charge in [-0.1, -0.05) is 74.2 Å². The highest BCUT2D eigenvalue weighted by Crippen LogP contribution is 2.46. The molecule has 0 spiro atoms. The number of carbonyl (C=O) groups excluding carboxylic acids is 5. The van der Waals surface area contributed by atoms with E-state index in [0.717, 1.165) is 17.4 Å². The van der Waals surface area contributed by atoms with Crippen molar-refractivity contribution in [2.24, 2.45) is 11.8 Å². The van der Waals surface area contributed by atoms with Gasteiger partial charge in [-0.3, -0.25) is 19.3 Å². The number of hydrogen-bond acceptors (Lipinski definition) is 10. The SMILES string of the molecule is CC(C)COC(=O)N[C@H]1CCCCC/C=C\[C@@H]2C[C@@]2(C(=O)NS(=O)(=O)c2cc(Cl)sc2Cl)NC(=O)[C@@H]2C[C@@H](OC(=O)N3Cc4cccc(F)c4C3)CN2C1=O.